The van der Waals surface area contributed by atoms with Crippen molar-refractivity contribution in [3.8, 4) is 5.75 Å². The Morgan fingerprint density at radius 3 is 2.67 bits per heavy atom. The van der Waals surface area contributed by atoms with Crippen LogP contribution >= 0.6 is 0 Å². The molecule has 0 radical (unpaired) electrons. The Balaban J connectivity index is 2.31. The Bertz CT molecular complexity index is 409. The summed E-state index contributed by atoms with van der Waals surface area (Å²) in [6, 6.07) is 6.81. The Kier molecular flexibility index (Phi) is 2.41. The van der Waals surface area contributed by atoms with Gasteiger partial charge in [0.05, 0.1) is 5.71 Å². The summed E-state index contributed by atoms with van der Waals surface area (Å²) >= 11 is 0. The normalized spacial score (nSPS) is 20.7. The summed E-state index contributed by atoms with van der Waals surface area (Å²) in [7, 11) is 0. The van der Waals surface area contributed by atoms with Gasteiger partial charge in [-0.3, -0.25) is 4.79 Å². The lowest BCUT2D eigenvalue weighted by molar-refractivity contribution is -0.121. The number of nitrogens with zero attached hydrogens (tertiary/aromatic N) is 1. The van der Waals surface area contributed by atoms with Crippen LogP contribution in [-0.2, 0) is 4.79 Å². The molecule has 1 atom stereocenters. The van der Waals surface area contributed by atoms with Gasteiger partial charge in [-0.05, 0) is 29.8 Å². The molecule has 4 heteroatoms. The highest BCUT2D eigenvalue weighted by Gasteiger charge is 2.21. The summed E-state index contributed by atoms with van der Waals surface area (Å²) in [5.74, 6) is 0.292. The number of hydrazone groups is 1. The molecular formula is C11H12N2O2. The maximum atomic E-state index is 11.0. The van der Waals surface area contributed by atoms with Crippen LogP contribution in [-0.4, -0.2) is 16.7 Å². The molecule has 2 rings (SSSR count). The van der Waals surface area contributed by atoms with Gasteiger partial charge in [-0.25, -0.2) is 5.43 Å². The maximum Gasteiger partial charge on any atom is 0.240 e. The number of carbonyl (C=O) groups is 1. The summed E-state index contributed by atoms with van der Waals surface area (Å²) in [6.07, 6.45) is 0.458. The van der Waals surface area contributed by atoms with Crippen LogP contribution in [0.25, 0.3) is 0 Å². The predicted molar refractivity (Wildman–Crippen MR) is 56.6 cm³/mol. The van der Waals surface area contributed by atoms with Gasteiger partial charge in [-0.1, -0.05) is 6.92 Å². The molecule has 0 saturated carbocycles. The van der Waals surface area contributed by atoms with E-state index in [-0.39, 0.29) is 17.6 Å². The number of phenolic OH excluding ortho intramolecular Hbond substituents is 1. The predicted octanol–water partition coefficient (Wildman–Crippen LogP) is 1.25. The quantitative estimate of drug-likeness (QED) is 0.723. The summed E-state index contributed by atoms with van der Waals surface area (Å²) in [4.78, 5) is 11.0. The lowest BCUT2D eigenvalue weighted by Gasteiger charge is -2.18. The fourth-order valence-corrected chi connectivity index (χ4v) is 1.63. The first-order valence-corrected chi connectivity index (χ1v) is 4.82. The molecule has 4 nitrogen and oxygen atoms in total. The van der Waals surface area contributed by atoms with E-state index in [0.29, 0.717) is 6.42 Å². The molecule has 1 aliphatic rings. The molecule has 78 valence electrons. The van der Waals surface area contributed by atoms with Gasteiger partial charge in [-0.15, -0.1) is 0 Å². The minimum Gasteiger partial charge on any atom is -0.508 e. The molecule has 0 unspecified atom stereocenters. The van der Waals surface area contributed by atoms with Crippen molar-refractivity contribution in [1.82, 2.24) is 5.43 Å². The topological polar surface area (TPSA) is 61.7 Å². The minimum atomic E-state index is -0.0509. The summed E-state index contributed by atoms with van der Waals surface area (Å²) in [5, 5.41) is 13.2. The smallest absolute Gasteiger partial charge is 0.240 e. The first kappa shape index (κ1) is 9.71. The van der Waals surface area contributed by atoms with Crippen LogP contribution in [0.4, 0.5) is 0 Å². The molecule has 0 spiro atoms. The monoisotopic (exact) mass is 204 g/mol. The number of benzene rings is 1. The molecule has 0 fully saturated rings. The molecule has 0 aromatic heterocycles. The van der Waals surface area contributed by atoms with Crippen LogP contribution in [0, 0.1) is 5.92 Å². The van der Waals surface area contributed by atoms with E-state index in [4.69, 9.17) is 5.11 Å². The van der Waals surface area contributed by atoms with Crippen molar-refractivity contribution < 1.29 is 9.90 Å². The van der Waals surface area contributed by atoms with Crippen molar-refractivity contribution in [2.45, 2.75) is 13.3 Å². The van der Waals surface area contributed by atoms with E-state index in [2.05, 4.69) is 10.5 Å². The summed E-state index contributed by atoms with van der Waals surface area (Å²) in [5.41, 5.74) is 4.25. The van der Waals surface area contributed by atoms with Gasteiger partial charge in [0.2, 0.25) is 5.91 Å². The van der Waals surface area contributed by atoms with Crippen molar-refractivity contribution in [1.29, 1.82) is 0 Å². The van der Waals surface area contributed by atoms with Gasteiger partial charge in [0.25, 0.3) is 0 Å². The van der Waals surface area contributed by atoms with Gasteiger partial charge in [-0.2, -0.15) is 5.10 Å². The average molecular weight is 204 g/mol. The van der Waals surface area contributed by atoms with Crippen molar-refractivity contribution in [2.24, 2.45) is 11.0 Å². The molecule has 2 N–H and O–H groups in total. The average Bonchev–Trinajstić information content (AvgIpc) is 2.20. The highest BCUT2D eigenvalue weighted by atomic mass is 16.3. The second-order valence-electron chi connectivity index (χ2n) is 3.68. The van der Waals surface area contributed by atoms with E-state index in [0.717, 1.165) is 11.3 Å². The zero-order chi connectivity index (χ0) is 10.8. The Morgan fingerprint density at radius 2 is 2.07 bits per heavy atom. The first-order chi connectivity index (χ1) is 7.16. The standard InChI is InChI=1S/C11H12N2O2/c1-7-6-10(15)12-13-11(7)8-2-4-9(14)5-3-8/h2-5,7,14H,6H2,1H3,(H,12,15)/t7-/m1/s1. The molecule has 0 aliphatic carbocycles. The highest BCUT2D eigenvalue weighted by Crippen LogP contribution is 2.18. The van der Waals surface area contributed by atoms with Gasteiger partial charge in [0.1, 0.15) is 5.75 Å². The van der Waals surface area contributed by atoms with Crippen molar-refractivity contribution >= 4 is 11.6 Å². The van der Waals surface area contributed by atoms with E-state index in [1.807, 2.05) is 6.92 Å². The molecular weight excluding hydrogens is 192 g/mol. The molecule has 1 amide bonds. The fourth-order valence-electron chi connectivity index (χ4n) is 1.63. The van der Waals surface area contributed by atoms with Crippen molar-refractivity contribution in [2.75, 3.05) is 0 Å². The minimum absolute atomic E-state index is 0.0509. The molecule has 1 aromatic carbocycles. The molecule has 1 aromatic rings. The number of aromatic hydroxyl groups is 1. The Morgan fingerprint density at radius 1 is 1.40 bits per heavy atom. The molecule has 1 heterocycles. The third kappa shape index (κ3) is 1.98. The zero-order valence-electron chi connectivity index (χ0n) is 8.40. The number of rotatable bonds is 1. The summed E-state index contributed by atoms with van der Waals surface area (Å²) in [6.45, 7) is 1.96. The third-order valence-corrected chi connectivity index (χ3v) is 2.42. The molecule has 0 bridgehead atoms. The van der Waals surface area contributed by atoms with Crippen molar-refractivity contribution in [3.05, 3.63) is 29.8 Å². The van der Waals surface area contributed by atoms with Crippen LogP contribution in [0.1, 0.15) is 18.9 Å². The molecule has 15 heavy (non-hydrogen) atoms. The first-order valence-electron chi connectivity index (χ1n) is 4.82. The van der Waals surface area contributed by atoms with Crippen LogP contribution in [0.2, 0.25) is 0 Å². The van der Waals surface area contributed by atoms with Gasteiger partial charge >= 0.3 is 0 Å². The van der Waals surface area contributed by atoms with Crippen LogP contribution in [0.15, 0.2) is 29.4 Å². The summed E-state index contributed by atoms with van der Waals surface area (Å²) < 4.78 is 0. The Hall–Kier alpha value is -1.84. The van der Waals surface area contributed by atoms with Crippen LogP contribution < -0.4 is 5.43 Å². The van der Waals surface area contributed by atoms with E-state index >= 15 is 0 Å². The van der Waals surface area contributed by atoms with Gasteiger partial charge in [0.15, 0.2) is 0 Å². The molecule has 1 aliphatic heterocycles. The van der Waals surface area contributed by atoms with Gasteiger partial charge < -0.3 is 5.11 Å². The fraction of sp³-hybridized carbons (Fsp3) is 0.273. The zero-order valence-corrected chi connectivity index (χ0v) is 8.40. The number of hydrogen-bond acceptors (Lipinski definition) is 3. The largest absolute Gasteiger partial charge is 0.508 e. The number of carbonyl (C=O) groups excluding carboxylic acids is 1. The van der Waals surface area contributed by atoms with E-state index in [1.54, 1.807) is 24.3 Å². The van der Waals surface area contributed by atoms with Crippen LogP contribution in [0.5, 0.6) is 5.75 Å². The SMILES string of the molecule is C[C@@H]1CC(=O)NN=C1c1ccc(O)cc1. The number of amides is 1. The van der Waals surface area contributed by atoms with Crippen molar-refractivity contribution in [3.63, 3.8) is 0 Å². The second kappa shape index (κ2) is 3.73. The highest BCUT2D eigenvalue weighted by molar-refractivity contribution is 6.05. The third-order valence-electron chi connectivity index (χ3n) is 2.42. The second-order valence-corrected chi connectivity index (χ2v) is 3.68. The number of hydrogen-bond donors (Lipinski definition) is 2. The van der Waals surface area contributed by atoms with E-state index in [1.165, 1.54) is 0 Å². The van der Waals surface area contributed by atoms with Crippen LogP contribution in [0.3, 0.4) is 0 Å². The number of nitrogens with one attached hydrogen (secondary N) is 1. The maximum absolute atomic E-state index is 11.0. The van der Waals surface area contributed by atoms with Gasteiger partial charge in [0, 0.05) is 12.3 Å². The number of phenols is 1. The van der Waals surface area contributed by atoms with E-state index < -0.39 is 0 Å². The lowest BCUT2D eigenvalue weighted by Crippen LogP contribution is -2.31. The lowest BCUT2D eigenvalue weighted by atomic mass is 9.94. The molecule has 0 saturated heterocycles. The Labute approximate surface area is 87.6 Å². The van der Waals surface area contributed by atoms with E-state index in [9.17, 15) is 4.79 Å².